The number of aromatic nitrogens is 3. The summed E-state index contributed by atoms with van der Waals surface area (Å²) >= 11 is 7.34. The van der Waals surface area contributed by atoms with Crippen molar-refractivity contribution in [2.75, 3.05) is 25.9 Å². The highest BCUT2D eigenvalue weighted by Gasteiger charge is 2.17. The summed E-state index contributed by atoms with van der Waals surface area (Å²) in [4.78, 5) is 0. The average Bonchev–Trinajstić information content (AvgIpc) is 2.87. The van der Waals surface area contributed by atoms with Crippen LogP contribution in [-0.2, 0) is 7.05 Å². The first-order valence-electron chi connectivity index (χ1n) is 6.52. The highest BCUT2D eigenvalue weighted by atomic mass is 35.5. The minimum atomic E-state index is 0.654. The average molecular weight is 328 g/mol. The van der Waals surface area contributed by atoms with Gasteiger partial charge in [-0.3, -0.25) is 0 Å². The number of alkyl halides is 1. The van der Waals surface area contributed by atoms with Gasteiger partial charge in [0, 0.05) is 18.7 Å². The zero-order valence-electron chi connectivity index (χ0n) is 12.3. The second kappa shape index (κ2) is 7.56. The smallest absolute Gasteiger partial charge is 0.191 e. The second-order valence-corrected chi connectivity index (χ2v) is 5.74. The normalized spacial score (nSPS) is 10.7. The van der Waals surface area contributed by atoms with Gasteiger partial charge in [-0.15, -0.1) is 21.8 Å². The van der Waals surface area contributed by atoms with Gasteiger partial charge in [0.25, 0.3) is 0 Å². The van der Waals surface area contributed by atoms with E-state index in [1.807, 2.05) is 29.8 Å². The third kappa shape index (κ3) is 3.44. The maximum atomic E-state index is 5.70. The van der Waals surface area contributed by atoms with Gasteiger partial charge in [-0.2, -0.15) is 0 Å². The molecule has 0 unspecified atom stereocenters. The largest absolute Gasteiger partial charge is 0.493 e. The zero-order chi connectivity index (χ0) is 15.2. The Morgan fingerprint density at radius 1 is 1.24 bits per heavy atom. The van der Waals surface area contributed by atoms with Gasteiger partial charge < -0.3 is 14.0 Å². The number of halogens is 1. The van der Waals surface area contributed by atoms with Gasteiger partial charge in [0.2, 0.25) is 0 Å². The van der Waals surface area contributed by atoms with E-state index < -0.39 is 0 Å². The van der Waals surface area contributed by atoms with Gasteiger partial charge in [-0.25, -0.2) is 0 Å². The molecule has 5 nitrogen and oxygen atoms in total. The van der Waals surface area contributed by atoms with Gasteiger partial charge in [-0.05, 0) is 18.6 Å². The zero-order valence-corrected chi connectivity index (χ0v) is 13.9. The lowest BCUT2D eigenvalue weighted by molar-refractivity contribution is 0.356. The maximum Gasteiger partial charge on any atom is 0.191 e. The minimum absolute atomic E-state index is 0.654. The Morgan fingerprint density at radius 2 is 2.05 bits per heavy atom. The summed E-state index contributed by atoms with van der Waals surface area (Å²) in [6.45, 7) is 0. The molecule has 0 aliphatic carbocycles. The van der Waals surface area contributed by atoms with Crippen LogP contribution in [0, 0.1) is 0 Å². The van der Waals surface area contributed by atoms with Crippen LogP contribution in [0.15, 0.2) is 23.4 Å². The standard InChI is InChI=1S/C14H18ClN3O2S/c1-18-13(16-17-14(18)21-9-5-8-15)10-6-4-7-11(19-2)12(10)20-3/h4,6-7H,5,8-9H2,1-3H3. The number of methoxy groups -OCH3 is 2. The fourth-order valence-corrected chi connectivity index (χ4v) is 3.10. The summed E-state index contributed by atoms with van der Waals surface area (Å²) in [7, 11) is 5.18. The molecular formula is C14H18ClN3O2S. The van der Waals surface area contributed by atoms with Crippen molar-refractivity contribution in [3.05, 3.63) is 18.2 Å². The molecule has 1 aromatic carbocycles. The molecule has 0 bridgehead atoms. The topological polar surface area (TPSA) is 49.2 Å². The number of thioether (sulfide) groups is 1. The molecule has 0 saturated carbocycles. The van der Waals surface area contributed by atoms with Crippen LogP contribution in [0.3, 0.4) is 0 Å². The summed E-state index contributed by atoms with van der Waals surface area (Å²) in [6, 6.07) is 5.71. The molecule has 7 heteroatoms. The molecule has 0 aliphatic rings. The molecule has 0 aliphatic heterocycles. The van der Waals surface area contributed by atoms with Crippen molar-refractivity contribution in [1.29, 1.82) is 0 Å². The molecule has 1 heterocycles. The van der Waals surface area contributed by atoms with E-state index in [1.165, 1.54) is 0 Å². The molecule has 21 heavy (non-hydrogen) atoms. The third-order valence-corrected chi connectivity index (χ3v) is 4.36. The van der Waals surface area contributed by atoms with E-state index in [1.54, 1.807) is 26.0 Å². The van der Waals surface area contributed by atoms with Crippen molar-refractivity contribution in [2.45, 2.75) is 11.6 Å². The summed E-state index contributed by atoms with van der Waals surface area (Å²) < 4.78 is 12.7. The molecule has 0 atom stereocenters. The first-order valence-corrected chi connectivity index (χ1v) is 8.04. The third-order valence-electron chi connectivity index (χ3n) is 2.99. The first kappa shape index (κ1) is 16.0. The number of hydrogen-bond acceptors (Lipinski definition) is 5. The van der Waals surface area contributed by atoms with E-state index >= 15 is 0 Å². The fourth-order valence-electron chi connectivity index (χ4n) is 1.96. The fraction of sp³-hybridized carbons (Fsp3) is 0.429. The summed E-state index contributed by atoms with van der Waals surface area (Å²) in [6.07, 6.45) is 0.941. The molecule has 0 fully saturated rings. The summed E-state index contributed by atoms with van der Waals surface area (Å²) in [5.41, 5.74) is 0.857. The quantitative estimate of drug-likeness (QED) is 0.444. The second-order valence-electron chi connectivity index (χ2n) is 4.30. The van der Waals surface area contributed by atoms with Crippen molar-refractivity contribution < 1.29 is 9.47 Å². The summed E-state index contributed by atoms with van der Waals surface area (Å²) in [5.74, 6) is 3.66. The van der Waals surface area contributed by atoms with Crippen LogP contribution in [0.4, 0.5) is 0 Å². The maximum absolute atomic E-state index is 5.70. The minimum Gasteiger partial charge on any atom is -0.493 e. The lowest BCUT2D eigenvalue weighted by Gasteiger charge is -2.12. The first-order chi connectivity index (χ1) is 10.2. The van der Waals surface area contributed by atoms with Crippen molar-refractivity contribution in [3.63, 3.8) is 0 Å². The molecule has 2 aromatic rings. The predicted octanol–water partition coefficient (Wildman–Crippen LogP) is 3.22. The monoisotopic (exact) mass is 327 g/mol. The van der Waals surface area contributed by atoms with Crippen LogP contribution in [0.2, 0.25) is 0 Å². The Hall–Kier alpha value is -1.40. The van der Waals surface area contributed by atoms with Crippen LogP contribution in [-0.4, -0.2) is 40.6 Å². The van der Waals surface area contributed by atoms with Crippen molar-refractivity contribution >= 4 is 23.4 Å². The van der Waals surface area contributed by atoms with E-state index in [0.29, 0.717) is 17.4 Å². The predicted molar refractivity (Wildman–Crippen MR) is 85.6 cm³/mol. The summed E-state index contributed by atoms with van der Waals surface area (Å²) in [5, 5.41) is 9.36. The van der Waals surface area contributed by atoms with E-state index in [0.717, 1.165) is 28.7 Å². The van der Waals surface area contributed by atoms with E-state index in [9.17, 15) is 0 Å². The van der Waals surface area contributed by atoms with E-state index in [2.05, 4.69) is 10.2 Å². The highest BCUT2D eigenvalue weighted by Crippen LogP contribution is 2.37. The van der Waals surface area contributed by atoms with Gasteiger partial charge in [-0.1, -0.05) is 17.8 Å². The molecule has 114 valence electrons. The molecule has 0 radical (unpaired) electrons. The highest BCUT2D eigenvalue weighted by molar-refractivity contribution is 7.99. The number of nitrogens with zero attached hydrogens (tertiary/aromatic N) is 3. The van der Waals surface area contributed by atoms with Crippen LogP contribution in [0.25, 0.3) is 11.4 Å². The van der Waals surface area contributed by atoms with E-state index in [-0.39, 0.29) is 0 Å². The Kier molecular flexibility index (Phi) is 5.76. The van der Waals surface area contributed by atoms with Crippen molar-refractivity contribution in [1.82, 2.24) is 14.8 Å². The number of hydrogen-bond donors (Lipinski definition) is 0. The number of para-hydroxylation sites is 1. The molecular weight excluding hydrogens is 310 g/mol. The molecule has 0 spiro atoms. The molecule has 2 rings (SSSR count). The number of ether oxygens (including phenoxy) is 2. The lowest BCUT2D eigenvalue weighted by atomic mass is 10.1. The Morgan fingerprint density at radius 3 is 2.71 bits per heavy atom. The number of rotatable bonds is 7. The van der Waals surface area contributed by atoms with Crippen LogP contribution in [0.1, 0.15) is 6.42 Å². The molecule has 0 N–H and O–H groups in total. The van der Waals surface area contributed by atoms with Gasteiger partial charge in [0.15, 0.2) is 22.5 Å². The SMILES string of the molecule is COc1cccc(-c2nnc(SCCCCl)n2C)c1OC. The molecule has 0 saturated heterocycles. The van der Waals surface area contributed by atoms with Crippen LogP contribution in [0.5, 0.6) is 11.5 Å². The van der Waals surface area contributed by atoms with E-state index in [4.69, 9.17) is 21.1 Å². The Labute approximate surface area is 133 Å². The van der Waals surface area contributed by atoms with Gasteiger partial charge in [0.1, 0.15) is 0 Å². The number of benzene rings is 1. The lowest BCUT2D eigenvalue weighted by Crippen LogP contribution is -1.99. The Balaban J connectivity index is 2.34. The molecule has 0 amide bonds. The van der Waals surface area contributed by atoms with Gasteiger partial charge in [0.05, 0.1) is 19.8 Å². The van der Waals surface area contributed by atoms with Crippen molar-refractivity contribution in [3.8, 4) is 22.9 Å². The van der Waals surface area contributed by atoms with Crippen LogP contribution >= 0.6 is 23.4 Å². The van der Waals surface area contributed by atoms with Crippen LogP contribution < -0.4 is 9.47 Å². The van der Waals surface area contributed by atoms with Gasteiger partial charge >= 0.3 is 0 Å². The van der Waals surface area contributed by atoms with Crippen molar-refractivity contribution in [2.24, 2.45) is 7.05 Å². The Bertz CT molecular complexity index is 604. The molecule has 1 aromatic heterocycles.